The predicted molar refractivity (Wildman–Crippen MR) is 74.9 cm³/mol. The molecule has 1 aromatic heterocycles. The van der Waals surface area contributed by atoms with Crippen LogP contribution in [0.4, 0.5) is 5.82 Å². The summed E-state index contributed by atoms with van der Waals surface area (Å²) in [6.07, 6.45) is 3.10. The molecule has 1 fully saturated rings. The maximum Gasteiger partial charge on any atom is 0.128 e. The third kappa shape index (κ3) is 2.51. The highest BCUT2D eigenvalue weighted by Gasteiger charge is 2.31. The van der Waals surface area contributed by atoms with E-state index in [4.69, 9.17) is 0 Å². The van der Waals surface area contributed by atoms with Gasteiger partial charge in [-0.2, -0.15) is 0 Å². The SMILES string of the molecule is CC1CCN(c2ccc(C(C)(C)C)cn2)C1CO. The highest BCUT2D eigenvalue weighted by Crippen LogP contribution is 2.29. The fourth-order valence-corrected chi connectivity index (χ4v) is 2.57. The Morgan fingerprint density at radius 2 is 2.11 bits per heavy atom. The second kappa shape index (κ2) is 4.88. The van der Waals surface area contributed by atoms with Crippen molar-refractivity contribution < 1.29 is 5.11 Å². The summed E-state index contributed by atoms with van der Waals surface area (Å²) in [4.78, 5) is 6.81. The quantitative estimate of drug-likeness (QED) is 0.874. The maximum absolute atomic E-state index is 9.48. The average Bonchev–Trinajstić information content (AvgIpc) is 2.69. The van der Waals surface area contributed by atoms with Crippen molar-refractivity contribution in [3.8, 4) is 0 Å². The normalized spacial score (nSPS) is 24.6. The molecule has 0 spiro atoms. The van der Waals surface area contributed by atoms with Crippen molar-refractivity contribution in [3.63, 3.8) is 0 Å². The number of anilines is 1. The van der Waals surface area contributed by atoms with Gasteiger partial charge < -0.3 is 10.0 Å². The van der Waals surface area contributed by atoms with E-state index in [1.165, 1.54) is 5.56 Å². The second-order valence-electron chi connectivity index (χ2n) is 6.36. The first-order valence-electron chi connectivity index (χ1n) is 6.77. The van der Waals surface area contributed by atoms with Crippen molar-refractivity contribution in [3.05, 3.63) is 23.9 Å². The van der Waals surface area contributed by atoms with Crippen LogP contribution in [0.25, 0.3) is 0 Å². The summed E-state index contributed by atoms with van der Waals surface area (Å²) >= 11 is 0. The molecular weight excluding hydrogens is 224 g/mol. The van der Waals surface area contributed by atoms with E-state index in [0.717, 1.165) is 18.8 Å². The lowest BCUT2D eigenvalue weighted by Gasteiger charge is -2.27. The fraction of sp³-hybridized carbons (Fsp3) is 0.667. The van der Waals surface area contributed by atoms with Gasteiger partial charge in [0.05, 0.1) is 12.6 Å². The van der Waals surface area contributed by atoms with Crippen molar-refractivity contribution in [2.75, 3.05) is 18.1 Å². The Hall–Kier alpha value is -1.09. The van der Waals surface area contributed by atoms with Crippen LogP contribution in [-0.4, -0.2) is 29.3 Å². The Kier molecular flexibility index (Phi) is 3.62. The molecule has 0 amide bonds. The molecular formula is C15H24N2O. The van der Waals surface area contributed by atoms with Crippen LogP contribution in [0.1, 0.15) is 39.7 Å². The minimum atomic E-state index is 0.139. The van der Waals surface area contributed by atoms with Gasteiger partial charge in [0.15, 0.2) is 0 Å². The van der Waals surface area contributed by atoms with Gasteiger partial charge in [-0.1, -0.05) is 33.8 Å². The van der Waals surface area contributed by atoms with E-state index in [9.17, 15) is 5.11 Å². The van der Waals surface area contributed by atoms with Crippen LogP contribution in [0, 0.1) is 5.92 Å². The minimum absolute atomic E-state index is 0.139. The zero-order chi connectivity index (χ0) is 13.3. The monoisotopic (exact) mass is 248 g/mol. The van der Waals surface area contributed by atoms with Gasteiger partial charge in [-0.25, -0.2) is 4.98 Å². The highest BCUT2D eigenvalue weighted by atomic mass is 16.3. The molecule has 0 saturated carbocycles. The molecule has 2 rings (SSSR count). The number of hydrogen-bond donors (Lipinski definition) is 1. The van der Waals surface area contributed by atoms with Crippen molar-refractivity contribution in [1.29, 1.82) is 0 Å². The number of nitrogens with zero attached hydrogens (tertiary/aromatic N) is 2. The van der Waals surface area contributed by atoms with Gasteiger partial charge in [0.25, 0.3) is 0 Å². The van der Waals surface area contributed by atoms with Gasteiger partial charge >= 0.3 is 0 Å². The standard InChI is InChI=1S/C15H24N2O/c1-11-7-8-17(13(11)10-18)14-6-5-12(9-16-14)15(2,3)4/h5-6,9,11,13,18H,7-8,10H2,1-4H3. The summed E-state index contributed by atoms with van der Waals surface area (Å²) in [5.74, 6) is 1.53. The molecule has 1 N–H and O–H groups in total. The summed E-state index contributed by atoms with van der Waals surface area (Å²) in [6, 6.07) is 4.46. The van der Waals surface area contributed by atoms with E-state index in [2.05, 4.69) is 49.7 Å². The summed E-state index contributed by atoms with van der Waals surface area (Å²) < 4.78 is 0. The van der Waals surface area contributed by atoms with Gasteiger partial charge in [0.2, 0.25) is 0 Å². The van der Waals surface area contributed by atoms with E-state index in [0.29, 0.717) is 5.92 Å². The van der Waals surface area contributed by atoms with Crippen molar-refractivity contribution in [2.24, 2.45) is 5.92 Å². The molecule has 1 saturated heterocycles. The second-order valence-corrected chi connectivity index (χ2v) is 6.36. The smallest absolute Gasteiger partial charge is 0.128 e. The van der Waals surface area contributed by atoms with E-state index >= 15 is 0 Å². The molecule has 2 unspecified atom stereocenters. The van der Waals surface area contributed by atoms with Crippen LogP contribution in [0.3, 0.4) is 0 Å². The van der Waals surface area contributed by atoms with E-state index in [-0.39, 0.29) is 18.1 Å². The Morgan fingerprint density at radius 1 is 1.39 bits per heavy atom. The average molecular weight is 248 g/mol. The number of pyridine rings is 1. The highest BCUT2D eigenvalue weighted by molar-refractivity contribution is 5.43. The summed E-state index contributed by atoms with van der Waals surface area (Å²) in [5, 5.41) is 9.48. The van der Waals surface area contributed by atoms with Crippen LogP contribution < -0.4 is 4.90 Å². The summed E-state index contributed by atoms with van der Waals surface area (Å²) in [5.41, 5.74) is 1.39. The topological polar surface area (TPSA) is 36.4 Å². The number of aliphatic hydroxyl groups excluding tert-OH is 1. The lowest BCUT2D eigenvalue weighted by Crippen LogP contribution is -2.35. The lowest BCUT2D eigenvalue weighted by atomic mass is 9.88. The van der Waals surface area contributed by atoms with Crippen LogP contribution in [-0.2, 0) is 5.41 Å². The molecule has 1 aliphatic rings. The first-order valence-corrected chi connectivity index (χ1v) is 6.77. The first-order chi connectivity index (χ1) is 8.43. The zero-order valence-corrected chi connectivity index (χ0v) is 11.8. The van der Waals surface area contributed by atoms with Crippen molar-refractivity contribution in [1.82, 2.24) is 4.98 Å². The zero-order valence-electron chi connectivity index (χ0n) is 11.8. The largest absolute Gasteiger partial charge is 0.394 e. The Morgan fingerprint density at radius 3 is 2.61 bits per heavy atom. The number of aliphatic hydroxyl groups is 1. The van der Waals surface area contributed by atoms with Gasteiger partial charge in [-0.3, -0.25) is 0 Å². The van der Waals surface area contributed by atoms with E-state index in [1.54, 1.807) is 0 Å². The predicted octanol–water partition coefficient (Wildman–Crippen LogP) is 2.59. The van der Waals surface area contributed by atoms with Crippen LogP contribution >= 0.6 is 0 Å². The molecule has 18 heavy (non-hydrogen) atoms. The summed E-state index contributed by atoms with van der Waals surface area (Å²) in [6.45, 7) is 9.98. The summed E-state index contributed by atoms with van der Waals surface area (Å²) in [7, 11) is 0. The number of aromatic nitrogens is 1. The Bertz CT molecular complexity index is 394. The van der Waals surface area contributed by atoms with Crippen molar-refractivity contribution in [2.45, 2.75) is 45.6 Å². The third-order valence-corrected chi connectivity index (χ3v) is 3.98. The Labute approximate surface area is 110 Å². The molecule has 3 heteroatoms. The molecule has 0 radical (unpaired) electrons. The van der Waals surface area contributed by atoms with Gasteiger partial charge in [-0.15, -0.1) is 0 Å². The molecule has 100 valence electrons. The van der Waals surface area contributed by atoms with Crippen LogP contribution in [0.15, 0.2) is 18.3 Å². The molecule has 3 nitrogen and oxygen atoms in total. The van der Waals surface area contributed by atoms with Gasteiger partial charge in [0.1, 0.15) is 5.82 Å². The van der Waals surface area contributed by atoms with Gasteiger partial charge in [-0.05, 0) is 29.4 Å². The number of hydrogen-bond acceptors (Lipinski definition) is 3. The molecule has 1 aromatic rings. The minimum Gasteiger partial charge on any atom is -0.394 e. The van der Waals surface area contributed by atoms with Crippen molar-refractivity contribution >= 4 is 5.82 Å². The maximum atomic E-state index is 9.48. The van der Waals surface area contributed by atoms with E-state index in [1.807, 2.05) is 6.20 Å². The lowest BCUT2D eigenvalue weighted by molar-refractivity contribution is 0.244. The molecule has 2 atom stereocenters. The molecule has 2 heterocycles. The molecule has 0 aromatic carbocycles. The first kappa shape index (κ1) is 13.3. The molecule has 1 aliphatic heterocycles. The molecule has 0 aliphatic carbocycles. The fourth-order valence-electron chi connectivity index (χ4n) is 2.57. The number of rotatable bonds is 2. The Balaban J connectivity index is 2.20. The molecule has 0 bridgehead atoms. The van der Waals surface area contributed by atoms with E-state index < -0.39 is 0 Å². The van der Waals surface area contributed by atoms with Crippen LogP contribution in [0.2, 0.25) is 0 Å². The van der Waals surface area contributed by atoms with Crippen LogP contribution in [0.5, 0.6) is 0 Å². The third-order valence-electron chi connectivity index (χ3n) is 3.98. The van der Waals surface area contributed by atoms with Gasteiger partial charge in [0, 0.05) is 12.7 Å².